The molecule has 0 saturated carbocycles. The number of morpholine rings is 1. The van der Waals surface area contributed by atoms with E-state index in [1.54, 1.807) is 0 Å². The number of aliphatic hydroxyl groups is 1. The number of benzene rings is 1. The normalized spacial score (nSPS) is 19.2. The van der Waals surface area contributed by atoms with Crippen molar-refractivity contribution in [1.29, 1.82) is 0 Å². The van der Waals surface area contributed by atoms with Crippen molar-refractivity contribution in [3.63, 3.8) is 0 Å². The van der Waals surface area contributed by atoms with E-state index in [1.807, 2.05) is 35.2 Å². The first-order chi connectivity index (χ1) is 10.3. The number of nitrogens with one attached hydrogen (secondary N) is 1. The van der Waals surface area contributed by atoms with Crippen molar-refractivity contribution < 1.29 is 19.4 Å². The van der Waals surface area contributed by atoms with Gasteiger partial charge in [0, 0.05) is 13.1 Å². The summed E-state index contributed by atoms with van der Waals surface area (Å²) in [6.07, 6.45) is -0.187. The highest BCUT2D eigenvalue weighted by Crippen LogP contribution is 2.07. The average molecular weight is 294 g/mol. The van der Waals surface area contributed by atoms with Crippen LogP contribution < -0.4 is 10.1 Å². The van der Waals surface area contributed by atoms with Gasteiger partial charge in [-0.3, -0.25) is 9.69 Å². The summed E-state index contributed by atoms with van der Waals surface area (Å²) in [6, 6.07) is 9.50. The van der Waals surface area contributed by atoms with Crippen molar-refractivity contribution in [1.82, 2.24) is 10.2 Å². The highest BCUT2D eigenvalue weighted by atomic mass is 16.5. The maximum Gasteiger partial charge on any atom is 0.234 e. The third-order valence-corrected chi connectivity index (χ3v) is 3.23. The molecule has 1 aliphatic rings. The van der Waals surface area contributed by atoms with Crippen molar-refractivity contribution in [2.24, 2.45) is 0 Å². The van der Waals surface area contributed by atoms with E-state index in [9.17, 15) is 4.79 Å². The van der Waals surface area contributed by atoms with Gasteiger partial charge in [-0.15, -0.1) is 0 Å². The van der Waals surface area contributed by atoms with Crippen molar-refractivity contribution in [2.45, 2.75) is 6.10 Å². The zero-order chi connectivity index (χ0) is 14.9. The predicted molar refractivity (Wildman–Crippen MR) is 78.2 cm³/mol. The second-order valence-electron chi connectivity index (χ2n) is 4.92. The number of carbonyl (C=O) groups is 1. The molecule has 1 heterocycles. The van der Waals surface area contributed by atoms with Crippen LogP contribution in [0.2, 0.25) is 0 Å². The largest absolute Gasteiger partial charge is 0.492 e. The Balaban J connectivity index is 1.59. The Morgan fingerprint density at radius 1 is 1.43 bits per heavy atom. The lowest BCUT2D eigenvalue weighted by Gasteiger charge is -2.31. The van der Waals surface area contributed by atoms with Gasteiger partial charge in [0.1, 0.15) is 12.4 Å². The van der Waals surface area contributed by atoms with Gasteiger partial charge in [-0.05, 0) is 12.1 Å². The summed E-state index contributed by atoms with van der Waals surface area (Å²) in [4.78, 5) is 13.8. The Labute approximate surface area is 124 Å². The van der Waals surface area contributed by atoms with E-state index in [2.05, 4.69) is 5.32 Å². The molecule has 1 aromatic carbocycles. The molecular weight excluding hydrogens is 272 g/mol. The molecule has 1 unspecified atom stereocenters. The molecule has 1 aromatic rings. The van der Waals surface area contributed by atoms with Gasteiger partial charge in [-0.2, -0.15) is 0 Å². The summed E-state index contributed by atoms with van der Waals surface area (Å²) in [5.41, 5.74) is 0. The summed E-state index contributed by atoms with van der Waals surface area (Å²) < 4.78 is 10.8. The summed E-state index contributed by atoms with van der Waals surface area (Å²) in [6.45, 7) is 3.08. The molecule has 1 amide bonds. The van der Waals surface area contributed by atoms with Crippen LogP contribution in [0.25, 0.3) is 0 Å². The van der Waals surface area contributed by atoms with Gasteiger partial charge in [0.15, 0.2) is 0 Å². The third-order valence-electron chi connectivity index (χ3n) is 3.23. The van der Waals surface area contributed by atoms with E-state index in [1.165, 1.54) is 0 Å². The van der Waals surface area contributed by atoms with Crippen LogP contribution >= 0.6 is 0 Å². The lowest BCUT2D eigenvalue weighted by molar-refractivity contribution is -0.125. The van der Waals surface area contributed by atoms with Crippen LogP contribution in [0.4, 0.5) is 0 Å². The standard InChI is InChI=1S/C15H22N2O4/c18-12-14-10-17(7-9-21-14)11-15(19)16-6-8-20-13-4-2-1-3-5-13/h1-5,14,18H,6-12H2,(H,16,19). The Morgan fingerprint density at radius 3 is 3.00 bits per heavy atom. The molecule has 1 saturated heterocycles. The quantitative estimate of drug-likeness (QED) is 0.686. The highest BCUT2D eigenvalue weighted by Gasteiger charge is 2.21. The first-order valence-corrected chi connectivity index (χ1v) is 7.17. The molecule has 6 heteroatoms. The van der Waals surface area contributed by atoms with Crippen molar-refractivity contribution in [3.8, 4) is 5.75 Å². The van der Waals surface area contributed by atoms with Crippen LogP contribution in [0, 0.1) is 0 Å². The molecule has 116 valence electrons. The van der Waals surface area contributed by atoms with Gasteiger partial charge in [0.05, 0.1) is 32.4 Å². The Hall–Kier alpha value is -1.63. The number of rotatable bonds is 7. The Kier molecular flexibility index (Phi) is 6.46. The molecule has 0 spiro atoms. The molecule has 0 bridgehead atoms. The summed E-state index contributed by atoms with van der Waals surface area (Å²) in [7, 11) is 0. The van der Waals surface area contributed by atoms with E-state index in [0.717, 1.165) is 5.75 Å². The second-order valence-corrected chi connectivity index (χ2v) is 4.92. The summed E-state index contributed by atoms with van der Waals surface area (Å²) >= 11 is 0. The van der Waals surface area contributed by atoms with Crippen LogP contribution in [-0.4, -0.2) is 68.0 Å². The fourth-order valence-electron chi connectivity index (χ4n) is 2.17. The minimum atomic E-state index is -0.187. The van der Waals surface area contributed by atoms with Crippen molar-refractivity contribution in [3.05, 3.63) is 30.3 Å². The molecule has 1 aliphatic heterocycles. The number of carbonyl (C=O) groups excluding carboxylic acids is 1. The summed E-state index contributed by atoms with van der Waals surface area (Å²) in [5.74, 6) is 0.760. The monoisotopic (exact) mass is 294 g/mol. The zero-order valence-corrected chi connectivity index (χ0v) is 12.0. The number of aliphatic hydroxyl groups excluding tert-OH is 1. The third kappa shape index (κ3) is 5.71. The van der Waals surface area contributed by atoms with Crippen LogP contribution in [0.1, 0.15) is 0 Å². The maximum absolute atomic E-state index is 11.8. The molecule has 0 radical (unpaired) electrons. The van der Waals surface area contributed by atoms with Gasteiger partial charge in [0.25, 0.3) is 0 Å². The first kappa shape index (κ1) is 15.8. The molecule has 0 aromatic heterocycles. The van der Waals surface area contributed by atoms with Crippen LogP contribution in [-0.2, 0) is 9.53 Å². The van der Waals surface area contributed by atoms with E-state index in [4.69, 9.17) is 14.6 Å². The Bertz CT molecular complexity index is 427. The Morgan fingerprint density at radius 2 is 2.24 bits per heavy atom. The van der Waals surface area contributed by atoms with Gasteiger partial charge >= 0.3 is 0 Å². The number of para-hydroxylation sites is 1. The molecule has 1 atom stereocenters. The van der Waals surface area contributed by atoms with Gasteiger partial charge in [-0.25, -0.2) is 0 Å². The van der Waals surface area contributed by atoms with E-state index >= 15 is 0 Å². The number of nitrogens with zero attached hydrogens (tertiary/aromatic N) is 1. The predicted octanol–water partition coefficient (Wildman–Crippen LogP) is -0.125. The van der Waals surface area contributed by atoms with Crippen LogP contribution in [0.3, 0.4) is 0 Å². The number of hydrogen-bond donors (Lipinski definition) is 2. The van der Waals surface area contributed by atoms with Crippen LogP contribution in [0.15, 0.2) is 30.3 Å². The van der Waals surface area contributed by atoms with Crippen molar-refractivity contribution >= 4 is 5.91 Å². The number of ether oxygens (including phenoxy) is 2. The molecule has 2 N–H and O–H groups in total. The van der Waals surface area contributed by atoms with Gasteiger partial charge in [0.2, 0.25) is 5.91 Å². The fourth-order valence-corrected chi connectivity index (χ4v) is 2.17. The summed E-state index contributed by atoms with van der Waals surface area (Å²) in [5, 5.41) is 11.9. The highest BCUT2D eigenvalue weighted by molar-refractivity contribution is 5.78. The molecule has 2 rings (SSSR count). The second kappa shape index (κ2) is 8.61. The molecule has 6 nitrogen and oxygen atoms in total. The lowest BCUT2D eigenvalue weighted by atomic mass is 10.3. The van der Waals surface area contributed by atoms with Gasteiger partial charge < -0.3 is 19.9 Å². The molecular formula is C15H22N2O4. The van der Waals surface area contributed by atoms with E-state index in [-0.39, 0.29) is 18.6 Å². The van der Waals surface area contributed by atoms with Crippen molar-refractivity contribution in [2.75, 3.05) is 46.0 Å². The van der Waals surface area contributed by atoms with E-state index < -0.39 is 0 Å². The van der Waals surface area contributed by atoms with Gasteiger partial charge in [-0.1, -0.05) is 18.2 Å². The van der Waals surface area contributed by atoms with E-state index in [0.29, 0.717) is 39.4 Å². The average Bonchev–Trinajstić information content (AvgIpc) is 2.53. The lowest BCUT2D eigenvalue weighted by Crippen LogP contribution is -2.48. The zero-order valence-electron chi connectivity index (χ0n) is 12.0. The maximum atomic E-state index is 11.8. The minimum absolute atomic E-state index is 0.0109. The SMILES string of the molecule is O=C(CN1CCOC(CO)C1)NCCOc1ccccc1. The molecule has 0 aliphatic carbocycles. The minimum Gasteiger partial charge on any atom is -0.492 e. The smallest absolute Gasteiger partial charge is 0.234 e. The number of hydrogen-bond acceptors (Lipinski definition) is 5. The first-order valence-electron chi connectivity index (χ1n) is 7.17. The fraction of sp³-hybridized carbons (Fsp3) is 0.533. The topological polar surface area (TPSA) is 71.0 Å². The van der Waals surface area contributed by atoms with Crippen LogP contribution in [0.5, 0.6) is 5.75 Å². The molecule has 21 heavy (non-hydrogen) atoms. The molecule has 1 fully saturated rings. The number of amides is 1.